The molecule has 2 amide bonds. The molecular weight excluding hydrogens is 480 g/mol. The quantitative estimate of drug-likeness (QED) is 0.239. The number of nitrogens with zero attached hydrogens (tertiary/aromatic N) is 2. The fourth-order valence-electron chi connectivity index (χ4n) is 3.02. The predicted molar refractivity (Wildman–Crippen MR) is 141 cm³/mol. The van der Waals surface area contributed by atoms with E-state index in [4.69, 9.17) is 11.1 Å². The fraction of sp³-hybridized carbons (Fsp3) is 0.280. The molecule has 0 saturated carbocycles. The molecule has 2 rings (SSSR count). The van der Waals surface area contributed by atoms with Crippen LogP contribution in [0.2, 0.25) is 0 Å². The molecule has 0 bridgehead atoms. The number of ketones is 1. The SMILES string of the molecule is CC(=O)N[C@@H](CSC(=O)C(C)c1cccc(C(=O)c2ccccc2)c1)C(=O)N/C(N)=N/C(=N)N(C)C. The second-order valence-electron chi connectivity index (χ2n) is 8.13. The molecule has 2 aromatic carbocycles. The Morgan fingerprint density at radius 2 is 1.69 bits per heavy atom. The fourth-order valence-corrected chi connectivity index (χ4v) is 3.97. The van der Waals surface area contributed by atoms with Gasteiger partial charge in [-0.2, -0.15) is 4.99 Å². The van der Waals surface area contributed by atoms with Gasteiger partial charge in [0.15, 0.2) is 10.9 Å². The zero-order chi connectivity index (χ0) is 26.8. The molecule has 0 aliphatic carbocycles. The van der Waals surface area contributed by atoms with E-state index in [0.717, 1.165) is 11.8 Å². The summed E-state index contributed by atoms with van der Waals surface area (Å²) in [5.41, 5.74) is 7.36. The third kappa shape index (κ3) is 8.35. The van der Waals surface area contributed by atoms with Crippen molar-refractivity contribution in [2.45, 2.75) is 25.8 Å². The van der Waals surface area contributed by atoms with Gasteiger partial charge in [-0.25, -0.2) is 0 Å². The Kier molecular flexibility index (Phi) is 10.4. The smallest absolute Gasteiger partial charge is 0.250 e. The van der Waals surface area contributed by atoms with Gasteiger partial charge in [0.05, 0.1) is 5.92 Å². The molecular formula is C25H30N6O4S. The Morgan fingerprint density at radius 1 is 1.06 bits per heavy atom. The summed E-state index contributed by atoms with van der Waals surface area (Å²) >= 11 is 0.884. The van der Waals surface area contributed by atoms with Crippen molar-refractivity contribution in [2.24, 2.45) is 10.7 Å². The summed E-state index contributed by atoms with van der Waals surface area (Å²) in [6.07, 6.45) is 0. The first-order chi connectivity index (χ1) is 17.0. The summed E-state index contributed by atoms with van der Waals surface area (Å²) in [6.45, 7) is 2.97. The zero-order valence-electron chi connectivity index (χ0n) is 20.6. The number of amides is 2. The molecule has 0 spiro atoms. The van der Waals surface area contributed by atoms with Crippen molar-refractivity contribution in [3.63, 3.8) is 0 Å². The van der Waals surface area contributed by atoms with E-state index < -0.39 is 23.8 Å². The number of hydrogen-bond donors (Lipinski definition) is 4. The van der Waals surface area contributed by atoms with Crippen LogP contribution in [0.25, 0.3) is 0 Å². The van der Waals surface area contributed by atoms with Crippen LogP contribution in [0.3, 0.4) is 0 Å². The molecule has 10 nitrogen and oxygen atoms in total. The summed E-state index contributed by atoms with van der Waals surface area (Å²) in [6, 6.07) is 14.7. The van der Waals surface area contributed by atoms with Crippen LogP contribution >= 0.6 is 11.8 Å². The molecule has 11 heteroatoms. The van der Waals surface area contributed by atoms with Gasteiger partial charge in [-0.3, -0.25) is 29.9 Å². The lowest BCUT2D eigenvalue weighted by atomic mass is 9.96. The topological polar surface area (TPSA) is 158 Å². The monoisotopic (exact) mass is 510 g/mol. The molecule has 2 atom stereocenters. The van der Waals surface area contributed by atoms with Crippen molar-refractivity contribution in [3.05, 3.63) is 71.3 Å². The van der Waals surface area contributed by atoms with Crippen molar-refractivity contribution >= 4 is 46.4 Å². The number of aliphatic imine (C=N–C) groups is 1. The van der Waals surface area contributed by atoms with Gasteiger partial charge in [0.1, 0.15) is 6.04 Å². The van der Waals surface area contributed by atoms with Gasteiger partial charge < -0.3 is 16.0 Å². The van der Waals surface area contributed by atoms with Crippen LogP contribution in [0, 0.1) is 5.41 Å². The highest BCUT2D eigenvalue weighted by atomic mass is 32.2. The van der Waals surface area contributed by atoms with E-state index in [1.165, 1.54) is 11.8 Å². The maximum Gasteiger partial charge on any atom is 0.250 e. The van der Waals surface area contributed by atoms with Crippen molar-refractivity contribution < 1.29 is 19.2 Å². The first-order valence-corrected chi connectivity index (χ1v) is 12.0. The maximum atomic E-state index is 12.9. The summed E-state index contributed by atoms with van der Waals surface area (Å²) in [5, 5.41) is 12.3. The molecule has 0 heterocycles. The second kappa shape index (κ2) is 13.2. The number of carbonyl (C=O) groups is 4. The van der Waals surface area contributed by atoms with Gasteiger partial charge >= 0.3 is 0 Å². The molecule has 2 aromatic rings. The minimum Gasteiger partial charge on any atom is -0.369 e. The first-order valence-electron chi connectivity index (χ1n) is 11.0. The first kappa shape index (κ1) is 28.2. The Morgan fingerprint density at radius 3 is 2.31 bits per heavy atom. The third-order valence-corrected chi connectivity index (χ3v) is 6.16. The Hall–Kier alpha value is -3.99. The number of thioether (sulfide) groups is 1. The van der Waals surface area contributed by atoms with Gasteiger partial charge in [-0.1, -0.05) is 67.2 Å². The number of hydrogen-bond acceptors (Lipinski definition) is 6. The lowest BCUT2D eigenvalue weighted by Gasteiger charge is -2.18. The highest BCUT2D eigenvalue weighted by Gasteiger charge is 2.24. The molecule has 0 aromatic heterocycles. The highest BCUT2D eigenvalue weighted by Crippen LogP contribution is 2.24. The predicted octanol–water partition coefficient (Wildman–Crippen LogP) is 1.71. The lowest BCUT2D eigenvalue weighted by molar-refractivity contribution is -0.126. The van der Waals surface area contributed by atoms with Crippen LogP contribution in [0.4, 0.5) is 0 Å². The normalized spacial score (nSPS) is 12.7. The molecule has 0 saturated heterocycles. The molecule has 190 valence electrons. The van der Waals surface area contributed by atoms with Crippen LogP contribution in [0.1, 0.15) is 41.3 Å². The van der Waals surface area contributed by atoms with Crippen LogP contribution in [0.5, 0.6) is 0 Å². The Bertz CT molecular complexity index is 1170. The zero-order valence-corrected chi connectivity index (χ0v) is 21.4. The number of nitrogens with one attached hydrogen (secondary N) is 3. The van der Waals surface area contributed by atoms with Crippen LogP contribution < -0.4 is 16.4 Å². The van der Waals surface area contributed by atoms with Crippen molar-refractivity contribution in [1.29, 1.82) is 5.41 Å². The van der Waals surface area contributed by atoms with E-state index in [1.54, 1.807) is 69.6 Å². The van der Waals surface area contributed by atoms with Crippen molar-refractivity contribution in [2.75, 3.05) is 19.8 Å². The number of nitrogens with two attached hydrogens (primary N) is 1. The minimum atomic E-state index is -1.06. The molecule has 0 radical (unpaired) electrons. The molecule has 0 aliphatic heterocycles. The number of carbonyl (C=O) groups excluding carboxylic acids is 4. The van der Waals surface area contributed by atoms with Crippen molar-refractivity contribution in [3.8, 4) is 0 Å². The number of guanidine groups is 2. The summed E-state index contributed by atoms with van der Waals surface area (Å²) in [5.74, 6) is -2.36. The summed E-state index contributed by atoms with van der Waals surface area (Å²) < 4.78 is 0. The van der Waals surface area contributed by atoms with E-state index >= 15 is 0 Å². The Labute approximate surface area is 214 Å². The van der Waals surface area contributed by atoms with Gasteiger partial charge in [-0.15, -0.1) is 0 Å². The second-order valence-corrected chi connectivity index (χ2v) is 9.15. The van der Waals surface area contributed by atoms with E-state index in [-0.39, 0.29) is 28.6 Å². The number of rotatable bonds is 8. The summed E-state index contributed by atoms with van der Waals surface area (Å²) in [4.78, 5) is 55.0. The van der Waals surface area contributed by atoms with E-state index in [0.29, 0.717) is 16.7 Å². The molecule has 1 unspecified atom stereocenters. The van der Waals surface area contributed by atoms with E-state index in [2.05, 4.69) is 15.6 Å². The number of benzene rings is 2. The van der Waals surface area contributed by atoms with Gasteiger partial charge in [0, 0.05) is 37.9 Å². The third-order valence-electron chi connectivity index (χ3n) is 5.03. The largest absolute Gasteiger partial charge is 0.369 e. The molecule has 36 heavy (non-hydrogen) atoms. The van der Waals surface area contributed by atoms with Crippen LogP contribution in [0.15, 0.2) is 59.6 Å². The minimum absolute atomic E-state index is 0.0460. The molecule has 0 fully saturated rings. The maximum absolute atomic E-state index is 12.9. The average molecular weight is 511 g/mol. The van der Waals surface area contributed by atoms with Crippen molar-refractivity contribution in [1.82, 2.24) is 15.5 Å². The van der Waals surface area contributed by atoms with Gasteiger partial charge in [0.25, 0.3) is 0 Å². The lowest BCUT2D eigenvalue weighted by Crippen LogP contribution is -2.51. The standard InChI is InChI=1S/C25H30N6O4S/c1-15(18-11-8-12-19(13-18)21(33)17-9-6-5-7-10-17)23(35)36-14-20(28-16(2)32)22(34)29-24(26)30-25(27)31(3)4/h5-13,15,20H,14H2,1-4H3,(H,28,32)(H4,26,27,29,30,34)/t15?,20-/m0/s1. The van der Waals surface area contributed by atoms with E-state index in [1.807, 2.05) is 6.07 Å². The molecule has 0 aliphatic rings. The van der Waals surface area contributed by atoms with Gasteiger partial charge in [-0.05, 0) is 11.6 Å². The summed E-state index contributed by atoms with van der Waals surface area (Å²) in [7, 11) is 3.19. The van der Waals surface area contributed by atoms with Crippen LogP contribution in [-0.2, 0) is 14.4 Å². The highest BCUT2D eigenvalue weighted by molar-refractivity contribution is 8.13. The molecule has 5 N–H and O–H groups in total. The average Bonchev–Trinajstić information content (AvgIpc) is 2.85. The van der Waals surface area contributed by atoms with Gasteiger partial charge in [0.2, 0.25) is 23.7 Å². The van der Waals surface area contributed by atoms with Crippen LogP contribution in [-0.4, -0.2) is 65.4 Å². The Balaban J connectivity index is 2.07. The van der Waals surface area contributed by atoms with E-state index in [9.17, 15) is 19.2 Å².